The molecule has 3 rings (SSSR count). The van der Waals surface area contributed by atoms with Gasteiger partial charge in [-0.15, -0.1) is 11.3 Å². The number of benzene rings is 1. The standard InChI is InChI=1S/C19H18N2O6S/c1-25-18(23)14-10-27-11-21(16(14)19(24)26-2)13-7-5-12(6-8-13)20-17(22)15-4-3-9-28-15/h3-9H,10-11H2,1-2H3,(H,20,22). The average molecular weight is 402 g/mol. The molecule has 1 aromatic carbocycles. The number of ether oxygens (including phenoxy) is 3. The van der Waals surface area contributed by atoms with Crippen LogP contribution in [0.3, 0.4) is 0 Å². The number of rotatable bonds is 5. The number of amides is 1. The molecule has 1 N–H and O–H groups in total. The number of nitrogens with zero attached hydrogens (tertiary/aromatic N) is 1. The zero-order chi connectivity index (χ0) is 20.1. The molecule has 2 heterocycles. The van der Waals surface area contributed by atoms with E-state index in [4.69, 9.17) is 14.2 Å². The van der Waals surface area contributed by atoms with E-state index >= 15 is 0 Å². The largest absolute Gasteiger partial charge is 0.466 e. The lowest BCUT2D eigenvalue weighted by atomic mass is 10.1. The van der Waals surface area contributed by atoms with Gasteiger partial charge >= 0.3 is 11.9 Å². The highest BCUT2D eigenvalue weighted by molar-refractivity contribution is 7.12. The zero-order valence-electron chi connectivity index (χ0n) is 15.3. The predicted molar refractivity (Wildman–Crippen MR) is 103 cm³/mol. The fourth-order valence-corrected chi connectivity index (χ4v) is 3.29. The Morgan fingerprint density at radius 2 is 1.79 bits per heavy atom. The first-order valence-corrected chi connectivity index (χ1v) is 9.13. The van der Waals surface area contributed by atoms with Gasteiger partial charge < -0.3 is 24.4 Å². The fourth-order valence-electron chi connectivity index (χ4n) is 2.67. The van der Waals surface area contributed by atoms with Crippen LogP contribution in [0.15, 0.2) is 53.0 Å². The number of esters is 2. The third kappa shape index (κ3) is 4.05. The first-order valence-electron chi connectivity index (χ1n) is 8.25. The lowest BCUT2D eigenvalue weighted by Gasteiger charge is -2.31. The Morgan fingerprint density at radius 3 is 2.39 bits per heavy atom. The molecule has 9 heteroatoms. The van der Waals surface area contributed by atoms with E-state index in [1.165, 1.54) is 30.5 Å². The van der Waals surface area contributed by atoms with Crippen LogP contribution < -0.4 is 10.2 Å². The molecule has 0 aliphatic carbocycles. The summed E-state index contributed by atoms with van der Waals surface area (Å²) < 4.78 is 15.0. The van der Waals surface area contributed by atoms with Crippen LogP contribution in [0.4, 0.5) is 11.4 Å². The highest BCUT2D eigenvalue weighted by atomic mass is 32.1. The first-order chi connectivity index (χ1) is 13.5. The van der Waals surface area contributed by atoms with Crippen LogP contribution in [0.25, 0.3) is 0 Å². The first kappa shape index (κ1) is 19.6. The molecule has 1 aromatic heterocycles. The van der Waals surface area contributed by atoms with E-state index in [1.807, 2.05) is 5.38 Å². The topological polar surface area (TPSA) is 94.2 Å². The highest BCUT2D eigenvalue weighted by Gasteiger charge is 2.32. The van der Waals surface area contributed by atoms with Gasteiger partial charge in [-0.1, -0.05) is 6.07 Å². The van der Waals surface area contributed by atoms with Crippen molar-refractivity contribution in [1.29, 1.82) is 0 Å². The number of nitrogens with one attached hydrogen (secondary N) is 1. The van der Waals surface area contributed by atoms with E-state index in [0.717, 1.165) is 0 Å². The second kappa shape index (κ2) is 8.68. The molecule has 0 atom stereocenters. The number of methoxy groups -OCH3 is 2. The van der Waals surface area contributed by atoms with Gasteiger partial charge in [0.1, 0.15) is 12.4 Å². The third-order valence-corrected chi connectivity index (χ3v) is 4.88. The van der Waals surface area contributed by atoms with E-state index < -0.39 is 11.9 Å². The van der Waals surface area contributed by atoms with Gasteiger partial charge in [-0.2, -0.15) is 0 Å². The maximum Gasteiger partial charge on any atom is 0.355 e. The molecule has 1 amide bonds. The van der Waals surface area contributed by atoms with E-state index in [0.29, 0.717) is 16.3 Å². The minimum atomic E-state index is -0.668. The van der Waals surface area contributed by atoms with Crippen LogP contribution in [0, 0.1) is 0 Å². The van der Waals surface area contributed by atoms with Crippen molar-refractivity contribution < 1.29 is 28.6 Å². The molecule has 0 saturated heterocycles. The van der Waals surface area contributed by atoms with E-state index in [2.05, 4.69) is 5.32 Å². The number of hydrogen-bond donors (Lipinski definition) is 1. The van der Waals surface area contributed by atoms with Gasteiger partial charge in [0, 0.05) is 11.4 Å². The Bertz CT molecular complexity index is 905. The molecule has 0 spiro atoms. The van der Waals surface area contributed by atoms with Crippen molar-refractivity contribution in [2.24, 2.45) is 0 Å². The van der Waals surface area contributed by atoms with Crippen LogP contribution in [-0.2, 0) is 23.8 Å². The SMILES string of the molecule is COC(=O)C1=C(C(=O)OC)N(c2ccc(NC(=O)c3cccs3)cc2)COC1. The van der Waals surface area contributed by atoms with Gasteiger partial charge in [-0.25, -0.2) is 9.59 Å². The van der Waals surface area contributed by atoms with Crippen LogP contribution in [0.5, 0.6) is 0 Å². The maximum atomic E-state index is 12.3. The number of anilines is 2. The Morgan fingerprint density at radius 1 is 1.07 bits per heavy atom. The van der Waals surface area contributed by atoms with E-state index in [-0.39, 0.29) is 30.5 Å². The van der Waals surface area contributed by atoms with Crippen molar-refractivity contribution in [3.05, 3.63) is 57.9 Å². The summed E-state index contributed by atoms with van der Waals surface area (Å²) in [5, 5.41) is 4.63. The summed E-state index contributed by atoms with van der Waals surface area (Å²) in [4.78, 5) is 38.6. The highest BCUT2D eigenvalue weighted by Crippen LogP contribution is 2.28. The summed E-state index contributed by atoms with van der Waals surface area (Å²) in [6.45, 7) is 0.00832. The molecule has 146 valence electrons. The van der Waals surface area contributed by atoms with Gasteiger partial charge in [-0.05, 0) is 35.7 Å². The quantitative estimate of drug-likeness (QED) is 0.768. The van der Waals surface area contributed by atoms with Crippen LogP contribution in [-0.4, -0.2) is 45.4 Å². The summed E-state index contributed by atoms with van der Waals surface area (Å²) >= 11 is 1.35. The van der Waals surface area contributed by atoms with Crippen LogP contribution >= 0.6 is 11.3 Å². The summed E-state index contributed by atoms with van der Waals surface area (Å²) in [5.41, 5.74) is 1.33. The molecule has 28 heavy (non-hydrogen) atoms. The minimum Gasteiger partial charge on any atom is -0.466 e. The lowest BCUT2D eigenvalue weighted by molar-refractivity contribution is -0.140. The van der Waals surface area contributed by atoms with Crippen LogP contribution in [0.1, 0.15) is 9.67 Å². The molecule has 0 unspecified atom stereocenters. The van der Waals surface area contributed by atoms with E-state index in [9.17, 15) is 14.4 Å². The van der Waals surface area contributed by atoms with Gasteiger partial charge in [0.05, 0.1) is 31.3 Å². The monoisotopic (exact) mass is 402 g/mol. The third-order valence-electron chi connectivity index (χ3n) is 4.01. The Balaban J connectivity index is 1.86. The molecule has 0 fully saturated rings. The normalized spacial score (nSPS) is 13.9. The van der Waals surface area contributed by atoms with Crippen molar-refractivity contribution in [1.82, 2.24) is 0 Å². The number of thiophene rings is 1. The smallest absolute Gasteiger partial charge is 0.355 e. The van der Waals surface area contributed by atoms with Gasteiger partial charge in [0.25, 0.3) is 5.91 Å². The van der Waals surface area contributed by atoms with Crippen molar-refractivity contribution in [2.75, 3.05) is 37.8 Å². The fraction of sp³-hybridized carbons (Fsp3) is 0.211. The second-order valence-electron chi connectivity index (χ2n) is 5.69. The maximum absolute atomic E-state index is 12.3. The van der Waals surface area contributed by atoms with Crippen molar-refractivity contribution in [3.63, 3.8) is 0 Å². The predicted octanol–water partition coefficient (Wildman–Crippen LogP) is 2.39. The molecule has 1 aliphatic heterocycles. The number of hydrogen-bond acceptors (Lipinski definition) is 8. The molecular weight excluding hydrogens is 384 g/mol. The Hall–Kier alpha value is -3.17. The van der Waals surface area contributed by atoms with Gasteiger partial charge in [-0.3, -0.25) is 4.79 Å². The minimum absolute atomic E-state index is 0.0530. The molecule has 2 aromatic rings. The molecule has 0 bridgehead atoms. The molecule has 1 aliphatic rings. The van der Waals surface area contributed by atoms with Gasteiger partial charge in [0.15, 0.2) is 0 Å². The summed E-state index contributed by atoms with van der Waals surface area (Å²) in [7, 11) is 2.47. The summed E-state index contributed by atoms with van der Waals surface area (Å²) in [6, 6.07) is 10.3. The molecule has 0 saturated carbocycles. The zero-order valence-corrected chi connectivity index (χ0v) is 16.1. The number of carbonyl (C=O) groups excluding carboxylic acids is 3. The average Bonchev–Trinajstić information content (AvgIpc) is 3.27. The van der Waals surface area contributed by atoms with E-state index in [1.54, 1.807) is 36.4 Å². The van der Waals surface area contributed by atoms with Crippen molar-refractivity contribution in [2.45, 2.75) is 0 Å². The molecule has 0 radical (unpaired) electrons. The number of carbonyl (C=O) groups is 3. The Labute approximate surface area is 165 Å². The van der Waals surface area contributed by atoms with Gasteiger partial charge in [0.2, 0.25) is 0 Å². The van der Waals surface area contributed by atoms with Crippen LogP contribution in [0.2, 0.25) is 0 Å². The summed E-state index contributed by atoms with van der Waals surface area (Å²) in [5.74, 6) is -1.53. The van der Waals surface area contributed by atoms with Crippen molar-refractivity contribution >= 4 is 40.6 Å². The second-order valence-corrected chi connectivity index (χ2v) is 6.64. The molecular formula is C19H18N2O6S. The molecule has 8 nitrogen and oxygen atoms in total. The summed E-state index contributed by atoms with van der Waals surface area (Å²) in [6.07, 6.45) is 0. The van der Waals surface area contributed by atoms with Crippen molar-refractivity contribution in [3.8, 4) is 0 Å². The Kier molecular flexibility index (Phi) is 6.07. The lowest BCUT2D eigenvalue weighted by Crippen LogP contribution is -2.38.